The molecule has 2 aromatic rings. The van der Waals surface area contributed by atoms with E-state index in [1.165, 1.54) is 27.6 Å². The molecule has 0 radical (unpaired) electrons. The van der Waals surface area contributed by atoms with E-state index >= 15 is 0 Å². The smallest absolute Gasteiger partial charge is 0.0446 e. The van der Waals surface area contributed by atoms with Crippen molar-refractivity contribution in [2.24, 2.45) is 0 Å². The molecule has 0 aliphatic carbocycles. The van der Waals surface area contributed by atoms with Crippen molar-refractivity contribution >= 4 is 22.7 Å². The predicted octanol–water partition coefficient (Wildman–Crippen LogP) is 3.51. The molecule has 1 saturated heterocycles. The Balaban J connectivity index is 1.90. The fourth-order valence-corrected chi connectivity index (χ4v) is 3.58. The number of thiophene rings is 2. The maximum absolute atomic E-state index is 3.43. The standard InChI is InChI=1S/C11H11NS2/c1-2-10(13-7-1)11-4-3-9(14-11)8-5-6-12-8/h1-4,7-8,12H,5-6H2. The van der Waals surface area contributed by atoms with E-state index in [0.29, 0.717) is 6.04 Å². The Hall–Kier alpha value is -0.640. The average molecular weight is 221 g/mol. The van der Waals surface area contributed by atoms with Crippen LogP contribution in [0.4, 0.5) is 0 Å². The first kappa shape index (κ1) is 8.65. The quantitative estimate of drug-likeness (QED) is 0.818. The Kier molecular flexibility index (Phi) is 2.16. The molecule has 1 unspecified atom stereocenters. The van der Waals surface area contributed by atoms with Crippen molar-refractivity contribution in [2.75, 3.05) is 6.54 Å². The van der Waals surface area contributed by atoms with Crippen LogP contribution in [0.2, 0.25) is 0 Å². The second kappa shape index (κ2) is 3.50. The van der Waals surface area contributed by atoms with Crippen LogP contribution in [0.25, 0.3) is 9.75 Å². The van der Waals surface area contributed by atoms with Crippen molar-refractivity contribution < 1.29 is 0 Å². The van der Waals surface area contributed by atoms with E-state index in [1.54, 1.807) is 0 Å². The van der Waals surface area contributed by atoms with Crippen molar-refractivity contribution in [2.45, 2.75) is 12.5 Å². The van der Waals surface area contributed by atoms with Crippen molar-refractivity contribution in [1.29, 1.82) is 0 Å². The molecule has 1 atom stereocenters. The topological polar surface area (TPSA) is 12.0 Å². The highest BCUT2D eigenvalue weighted by atomic mass is 32.1. The second-order valence-electron chi connectivity index (χ2n) is 3.47. The zero-order valence-corrected chi connectivity index (χ0v) is 9.33. The normalized spacial score (nSPS) is 20.7. The SMILES string of the molecule is c1csc(-c2ccc(C3CCN3)s2)c1. The number of rotatable bonds is 2. The molecule has 1 fully saturated rings. The van der Waals surface area contributed by atoms with Crippen LogP contribution in [0.1, 0.15) is 17.3 Å². The van der Waals surface area contributed by atoms with Crippen LogP contribution in [0.15, 0.2) is 29.6 Å². The molecule has 3 rings (SSSR count). The second-order valence-corrected chi connectivity index (χ2v) is 5.54. The highest BCUT2D eigenvalue weighted by Gasteiger charge is 2.20. The molecule has 0 saturated carbocycles. The van der Waals surface area contributed by atoms with Crippen LogP contribution in [-0.2, 0) is 0 Å². The molecule has 1 aliphatic heterocycles. The van der Waals surface area contributed by atoms with E-state index < -0.39 is 0 Å². The van der Waals surface area contributed by atoms with Crippen LogP contribution in [0.5, 0.6) is 0 Å². The minimum Gasteiger partial charge on any atom is -0.309 e. The molecule has 1 aliphatic rings. The monoisotopic (exact) mass is 221 g/mol. The fourth-order valence-electron chi connectivity index (χ4n) is 1.62. The number of hydrogen-bond acceptors (Lipinski definition) is 3. The van der Waals surface area contributed by atoms with E-state index in [0.717, 1.165) is 0 Å². The first-order valence-corrected chi connectivity index (χ1v) is 6.50. The van der Waals surface area contributed by atoms with E-state index in [9.17, 15) is 0 Å². The largest absolute Gasteiger partial charge is 0.309 e. The number of hydrogen-bond donors (Lipinski definition) is 1. The van der Waals surface area contributed by atoms with Gasteiger partial charge < -0.3 is 5.32 Å². The van der Waals surface area contributed by atoms with Gasteiger partial charge in [-0.3, -0.25) is 0 Å². The van der Waals surface area contributed by atoms with Gasteiger partial charge in [-0.1, -0.05) is 6.07 Å². The third-order valence-electron chi connectivity index (χ3n) is 2.56. The summed E-state index contributed by atoms with van der Waals surface area (Å²) >= 11 is 3.74. The van der Waals surface area contributed by atoms with Crippen molar-refractivity contribution in [3.8, 4) is 9.75 Å². The predicted molar refractivity (Wildman–Crippen MR) is 63.0 cm³/mol. The average Bonchev–Trinajstić information content (AvgIpc) is 2.65. The molecule has 0 aromatic carbocycles. The molecule has 1 nitrogen and oxygen atoms in total. The maximum atomic E-state index is 3.43. The van der Waals surface area contributed by atoms with Crippen LogP contribution >= 0.6 is 22.7 Å². The summed E-state index contributed by atoms with van der Waals surface area (Å²) in [5, 5.41) is 5.57. The van der Waals surface area contributed by atoms with E-state index in [1.807, 2.05) is 22.7 Å². The lowest BCUT2D eigenvalue weighted by Gasteiger charge is -2.26. The van der Waals surface area contributed by atoms with E-state index in [2.05, 4.69) is 35.0 Å². The van der Waals surface area contributed by atoms with Crippen molar-refractivity contribution in [3.05, 3.63) is 34.5 Å². The molecular formula is C11H11NS2. The molecule has 0 amide bonds. The summed E-state index contributed by atoms with van der Waals surface area (Å²) in [4.78, 5) is 4.28. The van der Waals surface area contributed by atoms with Crippen LogP contribution in [-0.4, -0.2) is 6.54 Å². The molecule has 14 heavy (non-hydrogen) atoms. The van der Waals surface area contributed by atoms with Gasteiger partial charge in [0, 0.05) is 20.7 Å². The van der Waals surface area contributed by atoms with Gasteiger partial charge >= 0.3 is 0 Å². The Morgan fingerprint density at radius 1 is 1.21 bits per heavy atom. The van der Waals surface area contributed by atoms with Gasteiger partial charge in [-0.25, -0.2) is 0 Å². The van der Waals surface area contributed by atoms with E-state index in [4.69, 9.17) is 0 Å². The molecule has 0 bridgehead atoms. The summed E-state index contributed by atoms with van der Waals surface area (Å²) < 4.78 is 0. The summed E-state index contributed by atoms with van der Waals surface area (Å²) in [7, 11) is 0. The Morgan fingerprint density at radius 2 is 2.14 bits per heavy atom. The zero-order valence-electron chi connectivity index (χ0n) is 7.69. The summed E-state index contributed by atoms with van der Waals surface area (Å²) in [6, 6.07) is 9.44. The van der Waals surface area contributed by atoms with Gasteiger partial charge in [0.2, 0.25) is 0 Å². The molecule has 0 spiro atoms. The van der Waals surface area contributed by atoms with Gasteiger partial charge in [0.05, 0.1) is 0 Å². The molecule has 2 aromatic heterocycles. The first-order chi connectivity index (χ1) is 6.93. The van der Waals surface area contributed by atoms with Gasteiger partial charge in [-0.15, -0.1) is 22.7 Å². The molecule has 3 heteroatoms. The molecule has 3 heterocycles. The van der Waals surface area contributed by atoms with Crippen LogP contribution < -0.4 is 5.32 Å². The lowest BCUT2D eigenvalue weighted by molar-refractivity contribution is 0.389. The summed E-state index contributed by atoms with van der Waals surface area (Å²) in [5.41, 5.74) is 0. The lowest BCUT2D eigenvalue weighted by Crippen LogP contribution is -2.34. The Labute approximate surface area is 91.4 Å². The summed E-state index contributed by atoms with van der Waals surface area (Å²) in [5.74, 6) is 0. The number of nitrogens with one attached hydrogen (secondary N) is 1. The fraction of sp³-hybridized carbons (Fsp3) is 0.273. The first-order valence-electron chi connectivity index (χ1n) is 4.80. The Morgan fingerprint density at radius 3 is 2.79 bits per heavy atom. The van der Waals surface area contributed by atoms with Gasteiger partial charge in [0.15, 0.2) is 0 Å². The van der Waals surface area contributed by atoms with E-state index in [-0.39, 0.29) is 0 Å². The summed E-state index contributed by atoms with van der Waals surface area (Å²) in [6.45, 7) is 1.18. The summed E-state index contributed by atoms with van der Waals surface area (Å²) in [6.07, 6.45) is 1.30. The zero-order chi connectivity index (χ0) is 9.38. The van der Waals surface area contributed by atoms with Crippen LogP contribution in [0.3, 0.4) is 0 Å². The lowest BCUT2D eigenvalue weighted by atomic mass is 10.1. The minimum atomic E-state index is 0.633. The van der Waals surface area contributed by atoms with Gasteiger partial charge in [0.25, 0.3) is 0 Å². The molecular weight excluding hydrogens is 210 g/mol. The van der Waals surface area contributed by atoms with Crippen molar-refractivity contribution in [3.63, 3.8) is 0 Å². The third kappa shape index (κ3) is 1.41. The molecule has 72 valence electrons. The maximum Gasteiger partial charge on any atom is 0.0446 e. The van der Waals surface area contributed by atoms with Gasteiger partial charge in [-0.2, -0.15) is 0 Å². The third-order valence-corrected chi connectivity index (χ3v) is 4.82. The Bertz CT molecular complexity index is 412. The molecule has 1 N–H and O–H groups in total. The van der Waals surface area contributed by atoms with Crippen molar-refractivity contribution in [1.82, 2.24) is 5.32 Å². The van der Waals surface area contributed by atoms with Gasteiger partial charge in [0.1, 0.15) is 0 Å². The van der Waals surface area contributed by atoms with Gasteiger partial charge in [-0.05, 0) is 36.5 Å². The highest BCUT2D eigenvalue weighted by Crippen LogP contribution is 2.36. The van der Waals surface area contributed by atoms with Crippen LogP contribution in [0, 0.1) is 0 Å². The highest BCUT2D eigenvalue weighted by molar-refractivity contribution is 7.21. The minimum absolute atomic E-state index is 0.633.